The normalized spacial score (nSPS) is 27.2. The molecule has 0 saturated carbocycles. The number of hydrogen-bond acceptors (Lipinski definition) is 3. The Morgan fingerprint density at radius 3 is 2.20 bits per heavy atom. The molecule has 0 bridgehead atoms. The maximum Gasteiger partial charge on any atom is 0.0832 e. The number of nitrogens with zero attached hydrogens (tertiary/aromatic N) is 2. The molecule has 0 aromatic rings. The summed E-state index contributed by atoms with van der Waals surface area (Å²) in [5, 5.41) is 0. The van der Waals surface area contributed by atoms with Crippen LogP contribution in [0.2, 0.25) is 0 Å². The summed E-state index contributed by atoms with van der Waals surface area (Å²) >= 11 is 0. The highest BCUT2D eigenvalue weighted by Gasteiger charge is 2.31. The van der Waals surface area contributed by atoms with E-state index in [1.165, 1.54) is 25.9 Å². The fourth-order valence-corrected chi connectivity index (χ4v) is 2.37. The van der Waals surface area contributed by atoms with Crippen LogP contribution >= 0.6 is 0 Å². The molecule has 3 nitrogen and oxygen atoms in total. The van der Waals surface area contributed by atoms with Gasteiger partial charge in [-0.05, 0) is 33.7 Å². The van der Waals surface area contributed by atoms with Crippen LogP contribution < -0.4 is 0 Å². The topological polar surface area (TPSA) is 15.7 Å². The Labute approximate surface area is 93.4 Å². The molecule has 0 aromatic carbocycles. The lowest BCUT2D eigenvalue weighted by Crippen LogP contribution is -2.56. The van der Waals surface area contributed by atoms with Gasteiger partial charge in [-0.15, -0.1) is 0 Å². The molecule has 0 radical (unpaired) electrons. The smallest absolute Gasteiger partial charge is 0.0832 e. The Balaban J connectivity index is 1.63. The summed E-state index contributed by atoms with van der Waals surface area (Å²) in [4.78, 5) is 4.86. The SMILES string of the molecule is CC(C)N1CC(OC2CCN(C)CC2)C1. The van der Waals surface area contributed by atoms with E-state index in [1.807, 2.05) is 0 Å². The van der Waals surface area contributed by atoms with Crippen LogP contribution in [0, 0.1) is 0 Å². The minimum absolute atomic E-state index is 0.515. The first-order valence-corrected chi connectivity index (χ1v) is 6.23. The third-order valence-corrected chi connectivity index (χ3v) is 3.66. The second kappa shape index (κ2) is 4.81. The van der Waals surface area contributed by atoms with Crippen LogP contribution in [-0.2, 0) is 4.74 Å². The van der Waals surface area contributed by atoms with Crippen molar-refractivity contribution in [1.82, 2.24) is 9.80 Å². The average Bonchev–Trinajstić information content (AvgIpc) is 2.13. The second-order valence-corrected chi connectivity index (χ2v) is 5.31. The summed E-state index contributed by atoms with van der Waals surface area (Å²) in [5.74, 6) is 0. The first-order valence-electron chi connectivity index (χ1n) is 6.23. The van der Waals surface area contributed by atoms with Crippen molar-refractivity contribution in [3.8, 4) is 0 Å². The van der Waals surface area contributed by atoms with Gasteiger partial charge in [0.1, 0.15) is 0 Å². The van der Waals surface area contributed by atoms with Gasteiger partial charge in [-0.1, -0.05) is 0 Å². The largest absolute Gasteiger partial charge is 0.372 e. The number of rotatable bonds is 3. The van der Waals surface area contributed by atoms with Gasteiger partial charge < -0.3 is 9.64 Å². The summed E-state index contributed by atoms with van der Waals surface area (Å²) in [7, 11) is 2.19. The molecule has 3 heteroatoms. The highest BCUT2D eigenvalue weighted by molar-refractivity contribution is 4.84. The van der Waals surface area contributed by atoms with E-state index in [4.69, 9.17) is 4.74 Å². The van der Waals surface area contributed by atoms with Crippen molar-refractivity contribution in [1.29, 1.82) is 0 Å². The van der Waals surface area contributed by atoms with E-state index in [0.717, 1.165) is 13.1 Å². The minimum atomic E-state index is 0.515. The van der Waals surface area contributed by atoms with Crippen LogP contribution in [0.15, 0.2) is 0 Å². The highest BCUT2D eigenvalue weighted by atomic mass is 16.5. The molecule has 0 unspecified atom stereocenters. The van der Waals surface area contributed by atoms with Crippen LogP contribution in [0.3, 0.4) is 0 Å². The molecular formula is C12H24N2O. The van der Waals surface area contributed by atoms with E-state index < -0.39 is 0 Å². The van der Waals surface area contributed by atoms with Crippen LogP contribution in [-0.4, -0.2) is 61.3 Å². The van der Waals surface area contributed by atoms with E-state index in [2.05, 4.69) is 30.7 Å². The lowest BCUT2D eigenvalue weighted by atomic mass is 10.1. The highest BCUT2D eigenvalue weighted by Crippen LogP contribution is 2.20. The Morgan fingerprint density at radius 1 is 1.07 bits per heavy atom. The fraction of sp³-hybridized carbons (Fsp3) is 1.00. The van der Waals surface area contributed by atoms with Crippen molar-refractivity contribution in [2.24, 2.45) is 0 Å². The van der Waals surface area contributed by atoms with Crippen molar-refractivity contribution in [3.63, 3.8) is 0 Å². The first kappa shape index (κ1) is 11.4. The average molecular weight is 212 g/mol. The second-order valence-electron chi connectivity index (χ2n) is 5.31. The maximum atomic E-state index is 6.09. The van der Waals surface area contributed by atoms with E-state index in [9.17, 15) is 0 Å². The summed E-state index contributed by atoms with van der Waals surface area (Å²) in [6.07, 6.45) is 3.48. The zero-order valence-electron chi connectivity index (χ0n) is 10.3. The molecule has 0 spiro atoms. The summed E-state index contributed by atoms with van der Waals surface area (Å²) in [6, 6.07) is 0.683. The van der Waals surface area contributed by atoms with Gasteiger partial charge in [-0.3, -0.25) is 4.90 Å². The van der Waals surface area contributed by atoms with Crippen LogP contribution in [0.5, 0.6) is 0 Å². The van der Waals surface area contributed by atoms with Gasteiger partial charge in [0.25, 0.3) is 0 Å². The summed E-state index contributed by atoms with van der Waals surface area (Å²) in [6.45, 7) is 9.20. The van der Waals surface area contributed by atoms with Crippen LogP contribution in [0.4, 0.5) is 0 Å². The zero-order chi connectivity index (χ0) is 10.8. The monoisotopic (exact) mass is 212 g/mol. The number of likely N-dealkylation sites (tertiary alicyclic amines) is 2. The van der Waals surface area contributed by atoms with Crippen molar-refractivity contribution < 1.29 is 4.74 Å². The van der Waals surface area contributed by atoms with Gasteiger partial charge in [0.2, 0.25) is 0 Å². The quantitative estimate of drug-likeness (QED) is 0.699. The van der Waals surface area contributed by atoms with Gasteiger partial charge in [0.05, 0.1) is 12.2 Å². The van der Waals surface area contributed by atoms with Gasteiger partial charge in [0.15, 0.2) is 0 Å². The van der Waals surface area contributed by atoms with E-state index in [-0.39, 0.29) is 0 Å². The van der Waals surface area contributed by atoms with E-state index in [1.54, 1.807) is 0 Å². The number of ether oxygens (including phenoxy) is 1. The van der Waals surface area contributed by atoms with Gasteiger partial charge in [0, 0.05) is 32.2 Å². The third-order valence-electron chi connectivity index (χ3n) is 3.66. The molecule has 0 atom stereocenters. The minimum Gasteiger partial charge on any atom is -0.372 e. The first-order chi connectivity index (χ1) is 7.15. The molecule has 2 rings (SSSR count). The molecule has 0 aliphatic carbocycles. The molecule has 0 amide bonds. The Morgan fingerprint density at radius 2 is 1.67 bits per heavy atom. The zero-order valence-corrected chi connectivity index (χ0v) is 10.3. The lowest BCUT2D eigenvalue weighted by molar-refractivity contribution is -0.113. The summed E-state index contributed by atoms with van der Waals surface area (Å²) < 4.78 is 6.09. The van der Waals surface area contributed by atoms with Crippen LogP contribution in [0.25, 0.3) is 0 Å². The Hall–Kier alpha value is -0.120. The molecule has 2 aliphatic heterocycles. The van der Waals surface area contributed by atoms with Crippen molar-refractivity contribution in [2.75, 3.05) is 33.2 Å². The Kier molecular flexibility index (Phi) is 3.65. The lowest BCUT2D eigenvalue weighted by Gasteiger charge is -2.44. The fourth-order valence-electron chi connectivity index (χ4n) is 2.37. The molecule has 0 N–H and O–H groups in total. The molecular weight excluding hydrogens is 188 g/mol. The molecule has 2 heterocycles. The molecule has 0 aromatic heterocycles. The van der Waals surface area contributed by atoms with Crippen molar-refractivity contribution in [3.05, 3.63) is 0 Å². The predicted octanol–water partition coefficient (Wildman–Crippen LogP) is 1.19. The van der Waals surface area contributed by atoms with Crippen molar-refractivity contribution >= 4 is 0 Å². The molecule has 2 fully saturated rings. The van der Waals surface area contributed by atoms with Gasteiger partial charge in [-0.25, -0.2) is 0 Å². The predicted molar refractivity (Wildman–Crippen MR) is 62.1 cm³/mol. The third kappa shape index (κ3) is 2.92. The molecule has 2 aliphatic rings. The number of hydrogen-bond donors (Lipinski definition) is 0. The number of piperidine rings is 1. The molecule has 15 heavy (non-hydrogen) atoms. The molecule has 2 saturated heterocycles. The van der Waals surface area contributed by atoms with Gasteiger partial charge >= 0.3 is 0 Å². The summed E-state index contributed by atoms with van der Waals surface area (Å²) in [5.41, 5.74) is 0. The van der Waals surface area contributed by atoms with Crippen molar-refractivity contribution in [2.45, 2.75) is 44.9 Å². The van der Waals surface area contributed by atoms with E-state index in [0.29, 0.717) is 18.2 Å². The Bertz CT molecular complexity index is 194. The standard InChI is InChI=1S/C12H24N2O/c1-10(2)14-8-12(9-14)15-11-4-6-13(3)7-5-11/h10-12H,4-9H2,1-3H3. The van der Waals surface area contributed by atoms with Gasteiger partial charge in [-0.2, -0.15) is 0 Å². The molecule has 88 valence electrons. The maximum absolute atomic E-state index is 6.09. The van der Waals surface area contributed by atoms with E-state index >= 15 is 0 Å². The van der Waals surface area contributed by atoms with Crippen LogP contribution in [0.1, 0.15) is 26.7 Å².